The van der Waals surface area contributed by atoms with Crippen molar-refractivity contribution in [2.75, 3.05) is 0 Å². The minimum absolute atomic E-state index is 0.269. The molecule has 0 radical (unpaired) electrons. The zero-order valence-electron chi connectivity index (χ0n) is 13.0. The van der Waals surface area contributed by atoms with Crippen molar-refractivity contribution < 1.29 is 5.11 Å². The summed E-state index contributed by atoms with van der Waals surface area (Å²) in [4.78, 5) is 0. The second kappa shape index (κ2) is 6.05. The van der Waals surface area contributed by atoms with Gasteiger partial charge in [-0.1, -0.05) is 54.6 Å². The fourth-order valence-corrected chi connectivity index (χ4v) is 2.74. The van der Waals surface area contributed by atoms with Gasteiger partial charge in [0.1, 0.15) is 5.75 Å². The number of hydrogen-bond donors (Lipinski definition) is 1. The minimum Gasteiger partial charge on any atom is -0.508 e. The van der Waals surface area contributed by atoms with Gasteiger partial charge in [0, 0.05) is 11.6 Å². The van der Waals surface area contributed by atoms with Crippen molar-refractivity contribution in [2.45, 2.75) is 0 Å². The third kappa shape index (κ3) is 2.79. The third-order valence-corrected chi connectivity index (χ3v) is 3.99. The molecule has 4 rings (SSSR count). The van der Waals surface area contributed by atoms with Crippen molar-refractivity contribution in [3.8, 4) is 16.9 Å². The second-order valence-corrected chi connectivity index (χ2v) is 5.64. The number of phenolic OH excluding ortho intramolecular Hbond substituents is 1. The summed E-state index contributed by atoms with van der Waals surface area (Å²) >= 11 is 0. The summed E-state index contributed by atoms with van der Waals surface area (Å²) in [5, 5.41) is 15.2. The number of hydrogen-bond acceptors (Lipinski definition) is 2. The molecule has 0 saturated carbocycles. The molecule has 116 valence electrons. The molecule has 0 saturated heterocycles. The van der Waals surface area contributed by atoms with E-state index in [0.717, 1.165) is 27.6 Å². The zero-order valence-corrected chi connectivity index (χ0v) is 13.0. The average molecular weight is 312 g/mol. The summed E-state index contributed by atoms with van der Waals surface area (Å²) in [7, 11) is 0. The summed E-state index contributed by atoms with van der Waals surface area (Å²) < 4.78 is 1.87. The SMILES string of the molecule is Oc1cccc(-c2ccc3cnn(C=Cc4ccccc4)c3c2)c1. The van der Waals surface area contributed by atoms with Crippen LogP contribution in [-0.4, -0.2) is 14.9 Å². The Morgan fingerprint density at radius 2 is 1.67 bits per heavy atom. The number of phenols is 1. The van der Waals surface area contributed by atoms with Gasteiger partial charge in [0.05, 0.1) is 11.7 Å². The lowest BCUT2D eigenvalue weighted by atomic mass is 10.0. The first kappa shape index (κ1) is 14.3. The monoisotopic (exact) mass is 312 g/mol. The Balaban J connectivity index is 1.75. The fraction of sp³-hybridized carbons (Fsp3) is 0. The van der Waals surface area contributed by atoms with Crippen molar-refractivity contribution in [3.63, 3.8) is 0 Å². The molecule has 3 heteroatoms. The Labute approximate surface area is 140 Å². The average Bonchev–Trinajstić information content (AvgIpc) is 3.03. The highest BCUT2D eigenvalue weighted by molar-refractivity contribution is 5.86. The van der Waals surface area contributed by atoms with Crippen LogP contribution in [0.15, 0.2) is 79.0 Å². The number of nitrogens with zero attached hydrogens (tertiary/aromatic N) is 2. The van der Waals surface area contributed by atoms with Crippen molar-refractivity contribution in [1.82, 2.24) is 9.78 Å². The quantitative estimate of drug-likeness (QED) is 0.575. The summed E-state index contributed by atoms with van der Waals surface area (Å²) in [6.07, 6.45) is 5.86. The number of aromatic nitrogens is 2. The number of fused-ring (bicyclic) bond motifs is 1. The van der Waals surface area contributed by atoms with Gasteiger partial charge in [0.15, 0.2) is 0 Å². The van der Waals surface area contributed by atoms with Gasteiger partial charge in [-0.2, -0.15) is 5.10 Å². The third-order valence-electron chi connectivity index (χ3n) is 3.99. The predicted octanol–water partition coefficient (Wildman–Crippen LogP) is 5.04. The van der Waals surface area contributed by atoms with E-state index >= 15 is 0 Å². The number of benzene rings is 3. The van der Waals surface area contributed by atoms with Gasteiger partial charge >= 0.3 is 0 Å². The van der Waals surface area contributed by atoms with Crippen LogP contribution >= 0.6 is 0 Å². The molecule has 0 aliphatic heterocycles. The van der Waals surface area contributed by atoms with Crippen LogP contribution in [0.2, 0.25) is 0 Å². The second-order valence-electron chi connectivity index (χ2n) is 5.64. The molecular formula is C21H16N2O. The normalized spacial score (nSPS) is 11.3. The van der Waals surface area contributed by atoms with Crippen molar-refractivity contribution in [1.29, 1.82) is 0 Å². The maximum Gasteiger partial charge on any atom is 0.116 e. The molecule has 0 aliphatic carbocycles. The van der Waals surface area contributed by atoms with Crippen molar-refractivity contribution in [3.05, 3.63) is 84.6 Å². The van der Waals surface area contributed by atoms with Crippen molar-refractivity contribution in [2.24, 2.45) is 0 Å². The Hall–Kier alpha value is -3.33. The molecule has 1 N–H and O–H groups in total. The molecule has 3 aromatic carbocycles. The standard InChI is InChI=1S/C21H16N2O/c24-20-8-4-7-17(13-20)18-9-10-19-15-22-23(21(19)14-18)12-11-16-5-2-1-3-6-16/h1-15,24H. The molecule has 0 bridgehead atoms. The lowest BCUT2D eigenvalue weighted by Gasteiger charge is -2.04. The zero-order chi connectivity index (χ0) is 16.4. The van der Waals surface area contributed by atoms with E-state index in [1.54, 1.807) is 12.1 Å². The number of rotatable bonds is 3. The molecule has 1 aromatic heterocycles. The maximum atomic E-state index is 9.68. The summed E-state index contributed by atoms with van der Waals surface area (Å²) in [6, 6.07) is 23.6. The Morgan fingerprint density at radius 3 is 2.50 bits per heavy atom. The molecule has 0 unspecified atom stereocenters. The highest BCUT2D eigenvalue weighted by Crippen LogP contribution is 2.27. The van der Waals surface area contributed by atoms with E-state index in [1.165, 1.54) is 0 Å². The van der Waals surface area contributed by atoms with Crippen LogP contribution in [0.25, 0.3) is 34.3 Å². The van der Waals surface area contributed by atoms with E-state index in [4.69, 9.17) is 0 Å². The van der Waals surface area contributed by atoms with E-state index < -0.39 is 0 Å². The van der Waals surface area contributed by atoms with Crippen LogP contribution in [0.3, 0.4) is 0 Å². The maximum absolute atomic E-state index is 9.68. The number of aromatic hydroxyl groups is 1. The van der Waals surface area contributed by atoms with E-state index in [0.29, 0.717) is 0 Å². The molecule has 24 heavy (non-hydrogen) atoms. The fourth-order valence-electron chi connectivity index (χ4n) is 2.74. The molecular weight excluding hydrogens is 296 g/mol. The molecule has 1 heterocycles. The molecule has 4 aromatic rings. The highest BCUT2D eigenvalue weighted by Gasteiger charge is 2.04. The largest absolute Gasteiger partial charge is 0.508 e. The Morgan fingerprint density at radius 1 is 0.833 bits per heavy atom. The van der Waals surface area contributed by atoms with E-state index in [1.807, 2.05) is 59.6 Å². The molecule has 0 spiro atoms. The summed E-state index contributed by atoms with van der Waals surface area (Å²) in [5.41, 5.74) is 4.19. The molecule has 0 atom stereocenters. The molecule has 0 fully saturated rings. The topological polar surface area (TPSA) is 38.1 Å². The predicted molar refractivity (Wildman–Crippen MR) is 98.5 cm³/mol. The van der Waals surface area contributed by atoms with E-state index in [2.05, 4.69) is 29.4 Å². The Kier molecular flexibility index (Phi) is 3.60. The minimum atomic E-state index is 0.269. The Bertz CT molecular complexity index is 1020. The first-order valence-corrected chi connectivity index (χ1v) is 7.79. The van der Waals surface area contributed by atoms with Gasteiger partial charge in [-0.25, -0.2) is 4.68 Å². The molecule has 0 aliphatic rings. The summed E-state index contributed by atoms with van der Waals surface area (Å²) in [6.45, 7) is 0. The van der Waals surface area contributed by atoms with Gasteiger partial charge in [0.2, 0.25) is 0 Å². The van der Waals surface area contributed by atoms with Gasteiger partial charge in [-0.15, -0.1) is 0 Å². The van der Waals surface area contributed by atoms with Crippen LogP contribution in [0.1, 0.15) is 5.56 Å². The highest BCUT2D eigenvalue weighted by atomic mass is 16.3. The molecule has 0 amide bonds. The first-order valence-electron chi connectivity index (χ1n) is 7.79. The van der Waals surface area contributed by atoms with Crippen LogP contribution in [0.4, 0.5) is 0 Å². The first-order chi connectivity index (χ1) is 11.8. The summed E-state index contributed by atoms with van der Waals surface area (Å²) in [5.74, 6) is 0.269. The smallest absolute Gasteiger partial charge is 0.116 e. The van der Waals surface area contributed by atoms with Crippen molar-refractivity contribution >= 4 is 23.2 Å². The lowest BCUT2D eigenvalue weighted by Crippen LogP contribution is -1.88. The molecule has 3 nitrogen and oxygen atoms in total. The van der Waals surface area contributed by atoms with Gasteiger partial charge in [-0.3, -0.25) is 0 Å². The van der Waals surface area contributed by atoms with Crippen LogP contribution in [0.5, 0.6) is 5.75 Å². The van der Waals surface area contributed by atoms with Crippen LogP contribution in [-0.2, 0) is 0 Å². The van der Waals surface area contributed by atoms with E-state index in [-0.39, 0.29) is 5.75 Å². The lowest BCUT2D eigenvalue weighted by molar-refractivity contribution is 0.475. The van der Waals surface area contributed by atoms with E-state index in [9.17, 15) is 5.11 Å². The van der Waals surface area contributed by atoms with Crippen LogP contribution in [0, 0.1) is 0 Å². The van der Waals surface area contributed by atoms with Crippen LogP contribution < -0.4 is 0 Å². The van der Waals surface area contributed by atoms with Gasteiger partial charge in [0.25, 0.3) is 0 Å². The van der Waals surface area contributed by atoms with Gasteiger partial charge < -0.3 is 5.11 Å². The van der Waals surface area contributed by atoms with Gasteiger partial charge in [-0.05, 0) is 41.0 Å².